The summed E-state index contributed by atoms with van der Waals surface area (Å²) in [5.74, 6) is 0.385. The molecule has 0 fully saturated rings. The van der Waals surface area contributed by atoms with Crippen molar-refractivity contribution in [3.05, 3.63) is 39.2 Å². The van der Waals surface area contributed by atoms with Crippen LogP contribution in [0.3, 0.4) is 0 Å². The highest BCUT2D eigenvalue weighted by atomic mass is 35.5. The summed E-state index contributed by atoms with van der Waals surface area (Å²) in [6, 6.07) is 2.98. The summed E-state index contributed by atoms with van der Waals surface area (Å²) in [5, 5.41) is 7.89. The van der Waals surface area contributed by atoms with Crippen molar-refractivity contribution in [2.24, 2.45) is 0 Å². The molecule has 1 heterocycles. The van der Waals surface area contributed by atoms with Gasteiger partial charge in [0.2, 0.25) is 0 Å². The Balaban J connectivity index is 2.67. The molecule has 2 aromatic rings. The zero-order chi connectivity index (χ0) is 13.3. The van der Waals surface area contributed by atoms with Crippen molar-refractivity contribution in [1.82, 2.24) is 19.8 Å². The number of benzene rings is 1. The first-order valence-corrected chi connectivity index (χ1v) is 5.54. The Morgan fingerprint density at radius 3 is 2.61 bits per heavy atom. The SMILES string of the molecule is C=Cn1nnn(-c2cc(OC)c(Cl)cc2Cl)c1=O. The van der Waals surface area contributed by atoms with Crippen LogP contribution in [0.15, 0.2) is 23.5 Å². The van der Waals surface area contributed by atoms with Gasteiger partial charge in [-0.05, 0) is 16.5 Å². The van der Waals surface area contributed by atoms with Crippen LogP contribution in [0.4, 0.5) is 0 Å². The number of nitrogens with zero attached hydrogens (tertiary/aromatic N) is 4. The van der Waals surface area contributed by atoms with Gasteiger partial charge in [-0.1, -0.05) is 29.8 Å². The molecule has 6 nitrogen and oxygen atoms in total. The third-order valence-electron chi connectivity index (χ3n) is 2.23. The van der Waals surface area contributed by atoms with E-state index in [1.54, 1.807) is 0 Å². The van der Waals surface area contributed by atoms with Gasteiger partial charge in [0.15, 0.2) is 0 Å². The van der Waals surface area contributed by atoms with Crippen molar-refractivity contribution < 1.29 is 4.74 Å². The smallest absolute Gasteiger partial charge is 0.372 e. The number of aromatic nitrogens is 4. The van der Waals surface area contributed by atoms with Crippen molar-refractivity contribution in [2.45, 2.75) is 0 Å². The highest BCUT2D eigenvalue weighted by Crippen LogP contribution is 2.31. The molecule has 0 aliphatic carbocycles. The molecule has 0 saturated carbocycles. The monoisotopic (exact) mass is 286 g/mol. The number of hydrogen-bond acceptors (Lipinski definition) is 4. The van der Waals surface area contributed by atoms with Crippen molar-refractivity contribution in [1.29, 1.82) is 0 Å². The number of hydrogen-bond donors (Lipinski definition) is 0. The fourth-order valence-corrected chi connectivity index (χ4v) is 1.90. The van der Waals surface area contributed by atoms with Gasteiger partial charge in [0.1, 0.15) is 5.75 Å². The first-order chi connectivity index (χ1) is 8.58. The Morgan fingerprint density at radius 1 is 1.33 bits per heavy atom. The molecule has 94 valence electrons. The summed E-state index contributed by atoms with van der Waals surface area (Å²) in [6.07, 6.45) is 1.24. The predicted molar refractivity (Wildman–Crippen MR) is 68.6 cm³/mol. The summed E-state index contributed by atoms with van der Waals surface area (Å²) < 4.78 is 7.07. The van der Waals surface area contributed by atoms with Gasteiger partial charge in [0.05, 0.1) is 22.8 Å². The quantitative estimate of drug-likeness (QED) is 0.864. The van der Waals surface area contributed by atoms with Crippen molar-refractivity contribution in [3.8, 4) is 11.4 Å². The lowest BCUT2D eigenvalue weighted by Gasteiger charge is -2.07. The average molecular weight is 287 g/mol. The van der Waals surface area contributed by atoms with Crippen LogP contribution < -0.4 is 10.4 Å². The molecule has 0 radical (unpaired) electrons. The maximum absolute atomic E-state index is 11.8. The van der Waals surface area contributed by atoms with E-state index in [9.17, 15) is 4.79 Å². The summed E-state index contributed by atoms with van der Waals surface area (Å²) in [7, 11) is 1.46. The van der Waals surface area contributed by atoms with E-state index in [2.05, 4.69) is 17.0 Å². The molecule has 18 heavy (non-hydrogen) atoms. The van der Waals surface area contributed by atoms with Crippen molar-refractivity contribution in [3.63, 3.8) is 0 Å². The van der Waals surface area contributed by atoms with E-state index in [1.807, 2.05) is 0 Å². The number of rotatable bonds is 3. The minimum absolute atomic E-state index is 0.263. The van der Waals surface area contributed by atoms with E-state index in [-0.39, 0.29) is 5.02 Å². The Morgan fingerprint density at radius 2 is 2.06 bits per heavy atom. The Labute approximate surface area is 112 Å². The van der Waals surface area contributed by atoms with Crippen LogP contribution in [0.1, 0.15) is 0 Å². The molecule has 0 spiro atoms. The van der Waals surface area contributed by atoms with Crippen LogP contribution in [-0.4, -0.2) is 26.9 Å². The second-order valence-electron chi connectivity index (χ2n) is 3.24. The lowest BCUT2D eigenvalue weighted by molar-refractivity contribution is 0.414. The number of halogens is 2. The average Bonchev–Trinajstić information content (AvgIpc) is 2.71. The van der Waals surface area contributed by atoms with Gasteiger partial charge < -0.3 is 4.74 Å². The molecular formula is C10H8Cl2N4O2. The molecule has 0 N–H and O–H groups in total. The molecule has 8 heteroatoms. The molecule has 0 aliphatic rings. The highest BCUT2D eigenvalue weighted by molar-refractivity contribution is 6.36. The first kappa shape index (κ1) is 12.7. The van der Waals surface area contributed by atoms with E-state index in [0.29, 0.717) is 16.5 Å². The Bertz CT molecular complexity index is 662. The fourth-order valence-electron chi connectivity index (χ4n) is 1.36. The van der Waals surface area contributed by atoms with Gasteiger partial charge in [-0.15, -0.1) is 0 Å². The number of ether oxygens (including phenoxy) is 1. The van der Waals surface area contributed by atoms with Crippen LogP contribution in [0.25, 0.3) is 11.9 Å². The predicted octanol–water partition coefficient (Wildman–Crippen LogP) is 1.84. The molecule has 0 unspecified atom stereocenters. The normalized spacial score (nSPS) is 10.4. The number of methoxy groups -OCH3 is 1. The summed E-state index contributed by atoms with van der Waals surface area (Å²) in [6.45, 7) is 3.44. The van der Waals surface area contributed by atoms with Crippen molar-refractivity contribution >= 4 is 29.4 Å². The van der Waals surface area contributed by atoms with Crippen LogP contribution in [0.2, 0.25) is 10.0 Å². The maximum Gasteiger partial charge on any atom is 0.372 e. The van der Waals surface area contributed by atoms with Gasteiger partial charge in [-0.2, -0.15) is 9.36 Å². The van der Waals surface area contributed by atoms with Gasteiger partial charge in [0, 0.05) is 12.3 Å². The lowest BCUT2D eigenvalue weighted by Crippen LogP contribution is -2.21. The zero-order valence-electron chi connectivity index (χ0n) is 9.30. The summed E-state index contributed by atoms with van der Waals surface area (Å²) in [4.78, 5) is 11.8. The second kappa shape index (κ2) is 4.83. The first-order valence-electron chi connectivity index (χ1n) is 4.79. The third kappa shape index (κ3) is 2.00. The van der Waals surface area contributed by atoms with Crippen LogP contribution in [0, 0.1) is 0 Å². The zero-order valence-corrected chi connectivity index (χ0v) is 10.8. The summed E-state index contributed by atoms with van der Waals surface area (Å²) >= 11 is 11.9. The van der Waals surface area contributed by atoms with Gasteiger partial charge >= 0.3 is 5.69 Å². The molecule has 0 amide bonds. The third-order valence-corrected chi connectivity index (χ3v) is 2.82. The van der Waals surface area contributed by atoms with E-state index in [4.69, 9.17) is 27.9 Å². The van der Waals surface area contributed by atoms with Crippen molar-refractivity contribution in [2.75, 3.05) is 7.11 Å². The van der Waals surface area contributed by atoms with Gasteiger partial charge in [0.25, 0.3) is 0 Å². The van der Waals surface area contributed by atoms with Crippen LogP contribution >= 0.6 is 23.2 Å². The molecular weight excluding hydrogens is 279 g/mol. The fraction of sp³-hybridized carbons (Fsp3) is 0.100. The Hall–Kier alpha value is -1.79. The largest absolute Gasteiger partial charge is 0.495 e. The molecule has 0 atom stereocenters. The van der Waals surface area contributed by atoms with E-state index < -0.39 is 5.69 Å². The molecule has 0 saturated heterocycles. The highest BCUT2D eigenvalue weighted by Gasteiger charge is 2.14. The van der Waals surface area contributed by atoms with E-state index in [1.165, 1.54) is 25.4 Å². The Kier molecular flexibility index (Phi) is 3.40. The van der Waals surface area contributed by atoms with Gasteiger partial charge in [-0.25, -0.2) is 4.79 Å². The molecule has 2 rings (SSSR count). The summed E-state index contributed by atoms with van der Waals surface area (Å²) in [5.41, 5.74) is -0.160. The molecule has 1 aromatic carbocycles. The van der Waals surface area contributed by atoms with Crippen LogP contribution in [-0.2, 0) is 0 Å². The van der Waals surface area contributed by atoms with E-state index >= 15 is 0 Å². The minimum Gasteiger partial charge on any atom is -0.495 e. The maximum atomic E-state index is 11.8. The topological polar surface area (TPSA) is 61.9 Å². The molecule has 0 bridgehead atoms. The minimum atomic E-state index is -0.490. The second-order valence-corrected chi connectivity index (χ2v) is 4.05. The van der Waals surface area contributed by atoms with Gasteiger partial charge in [-0.3, -0.25) is 0 Å². The lowest BCUT2D eigenvalue weighted by atomic mass is 10.3. The molecule has 0 aliphatic heterocycles. The van der Waals surface area contributed by atoms with Crippen LogP contribution in [0.5, 0.6) is 5.75 Å². The standard InChI is InChI=1S/C10H8Cl2N4O2/c1-3-15-10(17)16(14-13-15)8-5-9(18-2)7(12)4-6(8)11/h3-5H,1H2,2H3. The number of tetrazole rings is 1. The van der Waals surface area contributed by atoms with E-state index in [0.717, 1.165) is 9.36 Å². The molecule has 1 aromatic heterocycles.